The molecule has 0 atom stereocenters. The summed E-state index contributed by atoms with van der Waals surface area (Å²) < 4.78 is 19.6. The van der Waals surface area contributed by atoms with Crippen molar-refractivity contribution in [3.05, 3.63) is 65.5 Å². The SMILES string of the molecule is CCCC(=O)OCOC(=O)c1cccc(-c2cc(CO)cc(-c3cccc(C(=O)OCOC(=O)CCC)n3)n2)n1. The van der Waals surface area contributed by atoms with E-state index >= 15 is 0 Å². The van der Waals surface area contributed by atoms with Crippen molar-refractivity contribution in [2.45, 2.75) is 46.1 Å². The van der Waals surface area contributed by atoms with E-state index in [-0.39, 0.29) is 30.8 Å². The molecule has 0 amide bonds. The summed E-state index contributed by atoms with van der Waals surface area (Å²) in [7, 11) is 0. The topological polar surface area (TPSA) is 164 Å². The van der Waals surface area contributed by atoms with Crippen molar-refractivity contribution in [2.24, 2.45) is 0 Å². The number of nitrogens with zero attached hydrogens (tertiary/aromatic N) is 3. The van der Waals surface area contributed by atoms with Crippen molar-refractivity contribution in [1.82, 2.24) is 15.0 Å². The molecule has 0 saturated heterocycles. The molecule has 1 N–H and O–H groups in total. The zero-order chi connectivity index (χ0) is 28.9. The molecule has 3 aromatic heterocycles. The summed E-state index contributed by atoms with van der Waals surface area (Å²) >= 11 is 0. The standard InChI is InChI=1S/C28H29N3O9/c1-3-7-25(33)37-16-39-27(35)21-11-5-9-19(29-21)23-13-18(15-32)14-24(31-23)20-10-6-12-22(30-20)28(36)40-17-38-26(34)8-4-2/h5-6,9-14,32H,3-4,7-8,15-17H2,1-2H3. The molecule has 0 aromatic carbocycles. The highest BCUT2D eigenvalue weighted by atomic mass is 16.7. The van der Waals surface area contributed by atoms with Gasteiger partial charge in [0, 0.05) is 12.8 Å². The third-order valence-electron chi connectivity index (χ3n) is 5.24. The fraction of sp³-hybridized carbons (Fsp3) is 0.321. The van der Waals surface area contributed by atoms with Crippen molar-refractivity contribution in [3.8, 4) is 22.8 Å². The number of ether oxygens (including phenoxy) is 4. The normalized spacial score (nSPS) is 10.5. The van der Waals surface area contributed by atoms with Gasteiger partial charge in [-0.15, -0.1) is 0 Å². The van der Waals surface area contributed by atoms with Gasteiger partial charge < -0.3 is 24.1 Å². The van der Waals surface area contributed by atoms with Gasteiger partial charge in [-0.25, -0.2) is 24.5 Å². The van der Waals surface area contributed by atoms with Crippen LogP contribution in [0.1, 0.15) is 66.1 Å². The minimum Gasteiger partial charge on any atom is -0.428 e. The van der Waals surface area contributed by atoms with Gasteiger partial charge in [-0.05, 0) is 54.8 Å². The molecule has 40 heavy (non-hydrogen) atoms. The van der Waals surface area contributed by atoms with Gasteiger partial charge >= 0.3 is 23.9 Å². The highest BCUT2D eigenvalue weighted by Gasteiger charge is 2.16. The molecular weight excluding hydrogens is 522 g/mol. The van der Waals surface area contributed by atoms with E-state index in [0.717, 1.165) is 0 Å². The Morgan fingerprint density at radius 1 is 0.650 bits per heavy atom. The van der Waals surface area contributed by atoms with Crippen LogP contribution in [0.25, 0.3) is 22.8 Å². The lowest BCUT2D eigenvalue weighted by Gasteiger charge is -2.10. The van der Waals surface area contributed by atoms with Crippen LogP contribution in [-0.2, 0) is 35.1 Å². The van der Waals surface area contributed by atoms with Gasteiger partial charge in [0.05, 0.1) is 29.4 Å². The van der Waals surface area contributed by atoms with Gasteiger partial charge in [-0.1, -0.05) is 26.0 Å². The molecule has 0 spiro atoms. The van der Waals surface area contributed by atoms with E-state index in [1.54, 1.807) is 36.4 Å². The number of hydrogen-bond donors (Lipinski definition) is 1. The third kappa shape index (κ3) is 8.67. The monoisotopic (exact) mass is 551 g/mol. The Morgan fingerprint density at radius 2 is 1.10 bits per heavy atom. The average Bonchev–Trinajstić information content (AvgIpc) is 2.97. The number of aromatic nitrogens is 3. The first-order valence-corrected chi connectivity index (χ1v) is 12.6. The largest absolute Gasteiger partial charge is 0.428 e. The van der Waals surface area contributed by atoms with Gasteiger partial charge in [-0.2, -0.15) is 0 Å². The first-order chi connectivity index (χ1) is 19.3. The second-order valence-electron chi connectivity index (χ2n) is 8.35. The summed E-state index contributed by atoms with van der Waals surface area (Å²) in [6.07, 6.45) is 1.65. The minimum absolute atomic E-state index is 0.0377. The van der Waals surface area contributed by atoms with E-state index in [0.29, 0.717) is 41.2 Å². The van der Waals surface area contributed by atoms with Gasteiger partial charge in [-0.3, -0.25) is 9.59 Å². The molecule has 0 unspecified atom stereocenters. The molecule has 0 aliphatic carbocycles. The zero-order valence-electron chi connectivity index (χ0n) is 22.1. The Kier molecular flexibility index (Phi) is 11.2. The van der Waals surface area contributed by atoms with Crippen LogP contribution in [-0.4, -0.2) is 57.5 Å². The maximum absolute atomic E-state index is 12.4. The van der Waals surface area contributed by atoms with Crippen LogP contribution in [0.4, 0.5) is 0 Å². The number of carbonyl (C=O) groups is 4. The summed E-state index contributed by atoms with van der Waals surface area (Å²) in [5.41, 5.74) is 1.66. The highest BCUT2D eigenvalue weighted by molar-refractivity contribution is 5.88. The quantitative estimate of drug-likeness (QED) is 0.243. The first-order valence-electron chi connectivity index (χ1n) is 12.6. The Bertz CT molecular complexity index is 1260. The molecule has 210 valence electrons. The second kappa shape index (κ2) is 15.0. The van der Waals surface area contributed by atoms with Crippen molar-refractivity contribution >= 4 is 23.9 Å². The van der Waals surface area contributed by atoms with E-state index in [9.17, 15) is 24.3 Å². The van der Waals surface area contributed by atoms with Crippen molar-refractivity contribution < 1.29 is 43.2 Å². The van der Waals surface area contributed by atoms with Crippen LogP contribution in [0.3, 0.4) is 0 Å². The van der Waals surface area contributed by atoms with E-state index < -0.39 is 37.5 Å². The number of carbonyl (C=O) groups excluding carboxylic acids is 4. The van der Waals surface area contributed by atoms with E-state index in [2.05, 4.69) is 15.0 Å². The first kappa shape index (κ1) is 29.8. The predicted molar refractivity (Wildman–Crippen MR) is 139 cm³/mol. The zero-order valence-corrected chi connectivity index (χ0v) is 22.1. The Morgan fingerprint density at radius 3 is 1.50 bits per heavy atom. The molecule has 0 fully saturated rings. The number of aliphatic hydroxyl groups is 1. The number of pyridine rings is 3. The van der Waals surface area contributed by atoms with Gasteiger partial charge in [0.1, 0.15) is 11.4 Å². The minimum atomic E-state index is -0.794. The Balaban J connectivity index is 1.78. The molecule has 12 nitrogen and oxygen atoms in total. The smallest absolute Gasteiger partial charge is 0.359 e. The molecule has 3 aromatic rings. The number of aliphatic hydroxyl groups excluding tert-OH is 1. The lowest BCUT2D eigenvalue weighted by atomic mass is 10.1. The molecule has 12 heteroatoms. The van der Waals surface area contributed by atoms with Crippen molar-refractivity contribution in [1.29, 1.82) is 0 Å². The van der Waals surface area contributed by atoms with Crippen molar-refractivity contribution in [2.75, 3.05) is 13.6 Å². The molecule has 0 aliphatic rings. The van der Waals surface area contributed by atoms with E-state index in [4.69, 9.17) is 18.9 Å². The summed E-state index contributed by atoms with van der Waals surface area (Å²) in [6.45, 7) is 2.27. The number of hydrogen-bond acceptors (Lipinski definition) is 12. The van der Waals surface area contributed by atoms with Gasteiger partial charge in [0.15, 0.2) is 0 Å². The lowest BCUT2D eigenvalue weighted by Crippen LogP contribution is -2.14. The van der Waals surface area contributed by atoms with E-state index in [1.165, 1.54) is 12.1 Å². The molecule has 3 rings (SSSR count). The molecule has 0 saturated carbocycles. The van der Waals surface area contributed by atoms with Crippen molar-refractivity contribution in [3.63, 3.8) is 0 Å². The molecule has 0 aliphatic heterocycles. The fourth-order valence-electron chi connectivity index (χ4n) is 3.32. The average molecular weight is 552 g/mol. The number of rotatable bonds is 13. The number of esters is 4. The maximum Gasteiger partial charge on any atom is 0.359 e. The van der Waals surface area contributed by atoms with Crippen LogP contribution in [0, 0.1) is 0 Å². The van der Waals surface area contributed by atoms with Crippen LogP contribution >= 0.6 is 0 Å². The molecule has 0 radical (unpaired) electrons. The molecular formula is C28H29N3O9. The van der Waals surface area contributed by atoms with E-state index in [1.807, 2.05) is 13.8 Å². The second-order valence-corrected chi connectivity index (χ2v) is 8.35. The Hall–Kier alpha value is -4.71. The van der Waals surface area contributed by atoms with Gasteiger partial charge in [0.2, 0.25) is 13.6 Å². The van der Waals surface area contributed by atoms with Gasteiger partial charge in [0.25, 0.3) is 0 Å². The van der Waals surface area contributed by atoms with Crippen LogP contribution in [0.2, 0.25) is 0 Å². The molecule has 0 bridgehead atoms. The highest BCUT2D eigenvalue weighted by Crippen LogP contribution is 2.24. The Labute approximate surface area is 230 Å². The third-order valence-corrected chi connectivity index (χ3v) is 5.24. The predicted octanol–water partition coefficient (Wildman–Crippen LogP) is 3.61. The lowest BCUT2D eigenvalue weighted by molar-refractivity contribution is -0.153. The van der Waals surface area contributed by atoms with Crippen LogP contribution < -0.4 is 0 Å². The molecule has 3 heterocycles. The van der Waals surface area contributed by atoms with Crippen LogP contribution in [0.5, 0.6) is 0 Å². The summed E-state index contributed by atoms with van der Waals surface area (Å²) in [5, 5.41) is 9.83. The maximum atomic E-state index is 12.4. The summed E-state index contributed by atoms with van der Waals surface area (Å²) in [5.74, 6) is -2.54. The summed E-state index contributed by atoms with van der Waals surface area (Å²) in [4.78, 5) is 60.9. The summed E-state index contributed by atoms with van der Waals surface area (Å²) in [6, 6.07) is 12.5. The fourth-order valence-corrected chi connectivity index (χ4v) is 3.32. The van der Waals surface area contributed by atoms with Crippen LogP contribution in [0.15, 0.2) is 48.5 Å².